The van der Waals surface area contributed by atoms with Gasteiger partial charge >= 0.3 is 0 Å². The lowest BCUT2D eigenvalue weighted by atomic mass is 10.1. The first-order chi connectivity index (χ1) is 17.8. The molecule has 3 N–H and O–H groups in total. The Morgan fingerprint density at radius 3 is 2.43 bits per heavy atom. The molecule has 0 radical (unpaired) electrons. The molecule has 4 rings (SSSR count). The monoisotopic (exact) mass is 513 g/mol. The van der Waals surface area contributed by atoms with Crippen LogP contribution < -0.4 is 30.3 Å². The summed E-state index contributed by atoms with van der Waals surface area (Å²) >= 11 is 0. The first-order valence-corrected chi connectivity index (χ1v) is 11.7. The molecule has 3 heterocycles. The fourth-order valence-electron chi connectivity index (χ4n) is 4.16. The van der Waals surface area contributed by atoms with Crippen LogP contribution in [0.2, 0.25) is 0 Å². The molecule has 1 saturated heterocycles. The highest BCUT2D eigenvalue weighted by atomic mass is 19.1. The number of carbonyl (C=O) groups is 1. The fourth-order valence-corrected chi connectivity index (χ4v) is 4.16. The van der Waals surface area contributed by atoms with Crippen molar-refractivity contribution in [1.29, 1.82) is 0 Å². The van der Waals surface area contributed by atoms with Crippen LogP contribution >= 0.6 is 0 Å². The smallest absolute Gasteiger partial charge is 0.251 e. The molecule has 1 amide bonds. The fraction of sp³-hybridized carbons (Fsp3) is 0.360. The second-order valence-electron chi connectivity index (χ2n) is 8.79. The Labute approximate surface area is 213 Å². The number of nitrogens with one attached hydrogen (secondary N) is 3. The summed E-state index contributed by atoms with van der Waals surface area (Å²) in [6.45, 7) is 5.26. The maximum Gasteiger partial charge on any atom is 0.251 e. The van der Waals surface area contributed by atoms with E-state index in [-0.39, 0.29) is 53.2 Å². The number of benzene rings is 1. The number of rotatable bonds is 8. The van der Waals surface area contributed by atoms with E-state index >= 15 is 0 Å². The number of amides is 1. The third kappa shape index (κ3) is 6.20. The van der Waals surface area contributed by atoms with E-state index in [1.54, 1.807) is 0 Å². The van der Waals surface area contributed by atoms with Crippen LogP contribution in [-0.4, -0.2) is 60.2 Å². The number of pyridine rings is 1. The van der Waals surface area contributed by atoms with Gasteiger partial charge in [-0.2, -0.15) is 0 Å². The average molecular weight is 514 g/mol. The molecule has 37 heavy (non-hydrogen) atoms. The van der Waals surface area contributed by atoms with Crippen LogP contribution in [0.1, 0.15) is 29.8 Å². The number of aromatic nitrogens is 3. The molecule has 1 aliphatic rings. The summed E-state index contributed by atoms with van der Waals surface area (Å²) < 4.78 is 40.1. The Bertz CT molecular complexity index is 1250. The van der Waals surface area contributed by atoms with Crippen LogP contribution in [-0.2, 0) is 6.61 Å². The van der Waals surface area contributed by atoms with Gasteiger partial charge in [-0.25, -0.2) is 23.7 Å². The SMILES string of the molecule is CNC(=O)c1cc(COc2cnc(Nc3cnc(N4C[C@@H](C)N[C@@H](C)C4)c(F)c3)nc2)c(F)c(OC)c1. The van der Waals surface area contributed by atoms with Crippen LogP contribution in [0, 0.1) is 11.6 Å². The molecule has 0 spiro atoms. The molecule has 12 heteroatoms. The third-order valence-corrected chi connectivity index (χ3v) is 5.78. The van der Waals surface area contributed by atoms with Gasteiger partial charge in [-0.15, -0.1) is 0 Å². The number of anilines is 3. The number of hydrogen-bond acceptors (Lipinski definition) is 9. The summed E-state index contributed by atoms with van der Waals surface area (Å²) in [5.74, 6) is -0.728. The number of methoxy groups -OCH3 is 1. The number of hydrogen-bond donors (Lipinski definition) is 3. The van der Waals surface area contributed by atoms with Gasteiger partial charge in [-0.3, -0.25) is 4.79 Å². The minimum atomic E-state index is -0.628. The predicted molar refractivity (Wildman–Crippen MR) is 134 cm³/mol. The van der Waals surface area contributed by atoms with Crippen LogP contribution in [0.15, 0.2) is 36.8 Å². The van der Waals surface area contributed by atoms with E-state index in [1.165, 1.54) is 50.9 Å². The summed E-state index contributed by atoms with van der Waals surface area (Å²) in [6, 6.07) is 4.52. The van der Waals surface area contributed by atoms with Crippen molar-refractivity contribution in [3.8, 4) is 11.5 Å². The molecule has 1 aliphatic heterocycles. The van der Waals surface area contributed by atoms with Crippen LogP contribution in [0.3, 0.4) is 0 Å². The highest BCUT2D eigenvalue weighted by Gasteiger charge is 2.24. The van der Waals surface area contributed by atoms with Gasteiger partial charge in [0.05, 0.1) is 31.4 Å². The third-order valence-electron chi connectivity index (χ3n) is 5.78. The molecule has 0 bridgehead atoms. The largest absolute Gasteiger partial charge is 0.494 e. The lowest BCUT2D eigenvalue weighted by Crippen LogP contribution is -2.54. The maximum atomic E-state index is 14.8. The molecular weight excluding hydrogens is 484 g/mol. The molecule has 10 nitrogen and oxygen atoms in total. The van der Waals surface area contributed by atoms with E-state index < -0.39 is 11.6 Å². The first-order valence-electron chi connectivity index (χ1n) is 11.7. The van der Waals surface area contributed by atoms with Crippen molar-refractivity contribution in [2.24, 2.45) is 0 Å². The topological polar surface area (TPSA) is 114 Å². The van der Waals surface area contributed by atoms with E-state index in [0.717, 1.165) is 0 Å². The molecule has 0 saturated carbocycles. The van der Waals surface area contributed by atoms with Crippen molar-refractivity contribution in [2.75, 3.05) is 37.5 Å². The Balaban J connectivity index is 1.40. The van der Waals surface area contributed by atoms with Gasteiger partial charge in [0.2, 0.25) is 5.95 Å². The lowest BCUT2D eigenvalue weighted by Gasteiger charge is -2.37. The number of piperazine rings is 1. The van der Waals surface area contributed by atoms with Gasteiger partial charge in [0.25, 0.3) is 5.91 Å². The molecular formula is C25H29F2N7O3. The molecule has 0 aliphatic carbocycles. The molecule has 2 atom stereocenters. The number of nitrogens with zero attached hydrogens (tertiary/aromatic N) is 4. The quantitative estimate of drug-likeness (QED) is 0.418. The van der Waals surface area contributed by atoms with Gasteiger partial charge in [0, 0.05) is 49.4 Å². The van der Waals surface area contributed by atoms with E-state index in [4.69, 9.17) is 9.47 Å². The zero-order valence-electron chi connectivity index (χ0n) is 21.0. The predicted octanol–water partition coefficient (Wildman–Crippen LogP) is 3.03. The Morgan fingerprint density at radius 2 is 1.81 bits per heavy atom. The first kappa shape index (κ1) is 26.0. The van der Waals surface area contributed by atoms with Crippen LogP contribution in [0.5, 0.6) is 11.5 Å². The number of carbonyl (C=O) groups excluding carboxylic acids is 1. The minimum Gasteiger partial charge on any atom is -0.494 e. The molecule has 2 aromatic heterocycles. The Kier molecular flexibility index (Phi) is 7.97. The maximum absolute atomic E-state index is 14.8. The van der Waals surface area contributed by atoms with E-state index in [1.807, 2.05) is 4.90 Å². The number of ether oxygens (including phenoxy) is 2. The van der Waals surface area contributed by atoms with Gasteiger partial charge in [-0.05, 0) is 26.0 Å². The van der Waals surface area contributed by atoms with E-state index in [2.05, 4.69) is 44.7 Å². The van der Waals surface area contributed by atoms with Crippen molar-refractivity contribution in [2.45, 2.75) is 32.5 Å². The van der Waals surface area contributed by atoms with E-state index in [9.17, 15) is 13.6 Å². The van der Waals surface area contributed by atoms with Crippen LogP contribution in [0.25, 0.3) is 0 Å². The molecule has 1 aromatic carbocycles. The second-order valence-corrected chi connectivity index (χ2v) is 8.79. The van der Waals surface area contributed by atoms with E-state index in [0.29, 0.717) is 24.6 Å². The van der Waals surface area contributed by atoms with Gasteiger partial charge in [0.15, 0.2) is 29.0 Å². The van der Waals surface area contributed by atoms with Crippen molar-refractivity contribution in [3.05, 3.63) is 59.6 Å². The highest BCUT2D eigenvalue weighted by molar-refractivity contribution is 5.94. The van der Waals surface area contributed by atoms with Crippen molar-refractivity contribution >= 4 is 23.4 Å². The van der Waals surface area contributed by atoms with Crippen molar-refractivity contribution < 1.29 is 23.0 Å². The zero-order valence-corrected chi connectivity index (χ0v) is 21.0. The summed E-state index contributed by atoms with van der Waals surface area (Å²) in [5, 5.41) is 8.81. The summed E-state index contributed by atoms with van der Waals surface area (Å²) in [4.78, 5) is 26.5. The molecule has 0 unspecified atom stereocenters. The number of halogens is 2. The second kappa shape index (κ2) is 11.3. The normalized spacial score (nSPS) is 17.3. The minimum absolute atomic E-state index is 0.0664. The van der Waals surface area contributed by atoms with Gasteiger partial charge < -0.3 is 30.3 Å². The van der Waals surface area contributed by atoms with Crippen molar-refractivity contribution in [1.82, 2.24) is 25.6 Å². The standard InChI is InChI=1S/C25H29F2N7O3/c1-14-11-34(12-15(2)32-14)23-20(26)7-18(8-29-23)33-25-30-9-19(10-31-25)37-13-17-5-16(24(35)28-3)6-21(36-4)22(17)27/h5-10,14-15,32H,11-13H2,1-4H3,(H,28,35)(H,30,31,33)/t14-,15+. The van der Waals surface area contributed by atoms with Crippen molar-refractivity contribution in [3.63, 3.8) is 0 Å². The summed E-state index contributed by atoms with van der Waals surface area (Å²) in [7, 11) is 2.80. The molecule has 196 valence electrons. The summed E-state index contributed by atoms with van der Waals surface area (Å²) in [6.07, 6.45) is 4.32. The van der Waals surface area contributed by atoms with Gasteiger partial charge in [0.1, 0.15) is 6.61 Å². The lowest BCUT2D eigenvalue weighted by molar-refractivity contribution is 0.0962. The molecule has 1 fully saturated rings. The molecule has 3 aromatic rings. The Hall–Kier alpha value is -4.06. The zero-order chi connectivity index (χ0) is 26.5. The van der Waals surface area contributed by atoms with Crippen LogP contribution in [0.4, 0.5) is 26.2 Å². The highest BCUT2D eigenvalue weighted by Crippen LogP contribution is 2.26. The summed E-state index contributed by atoms with van der Waals surface area (Å²) in [5.41, 5.74) is 0.768. The Morgan fingerprint density at radius 1 is 1.11 bits per heavy atom. The average Bonchev–Trinajstić information content (AvgIpc) is 2.88. The van der Waals surface area contributed by atoms with Gasteiger partial charge in [-0.1, -0.05) is 0 Å².